The predicted octanol–water partition coefficient (Wildman–Crippen LogP) is 4.16. The van der Waals surface area contributed by atoms with Gasteiger partial charge >= 0.3 is 0 Å². The van der Waals surface area contributed by atoms with Crippen LogP contribution in [0.25, 0.3) is 0 Å². The number of nitrogens with zero attached hydrogens (tertiary/aromatic N) is 2. The molecule has 6 heteroatoms. The SMILES string of the molecule is CSc1nc(C(=O)N2CC[C@@](O)(c3ccccc3)[C@@H]3CCCCC32)cs1. The van der Waals surface area contributed by atoms with E-state index in [1.54, 1.807) is 11.8 Å². The summed E-state index contributed by atoms with van der Waals surface area (Å²) in [4.78, 5) is 19.6. The van der Waals surface area contributed by atoms with E-state index in [1.807, 2.05) is 46.9 Å². The number of thiazole rings is 1. The van der Waals surface area contributed by atoms with E-state index in [1.165, 1.54) is 11.3 Å². The van der Waals surface area contributed by atoms with Crippen molar-refractivity contribution in [3.05, 3.63) is 47.0 Å². The van der Waals surface area contributed by atoms with Gasteiger partial charge in [-0.15, -0.1) is 11.3 Å². The molecule has 1 amide bonds. The van der Waals surface area contributed by atoms with Gasteiger partial charge in [0.2, 0.25) is 0 Å². The quantitative estimate of drug-likeness (QED) is 0.802. The van der Waals surface area contributed by atoms with Gasteiger partial charge in [-0.3, -0.25) is 4.79 Å². The minimum Gasteiger partial charge on any atom is -0.385 e. The van der Waals surface area contributed by atoms with E-state index < -0.39 is 5.60 Å². The Balaban J connectivity index is 1.63. The van der Waals surface area contributed by atoms with E-state index in [9.17, 15) is 9.90 Å². The third-order valence-corrected chi connectivity index (χ3v) is 7.75. The molecule has 2 fully saturated rings. The van der Waals surface area contributed by atoms with Crippen LogP contribution in [0.15, 0.2) is 40.1 Å². The van der Waals surface area contributed by atoms with Gasteiger partial charge < -0.3 is 10.0 Å². The van der Waals surface area contributed by atoms with Crippen molar-refractivity contribution in [2.75, 3.05) is 12.8 Å². The molecular weight excluding hydrogens is 364 g/mol. The number of aliphatic hydroxyl groups is 1. The van der Waals surface area contributed by atoms with Crippen molar-refractivity contribution in [3.63, 3.8) is 0 Å². The van der Waals surface area contributed by atoms with Crippen LogP contribution in [-0.4, -0.2) is 39.7 Å². The Labute approximate surface area is 162 Å². The van der Waals surface area contributed by atoms with Crippen molar-refractivity contribution in [3.8, 4) is 0 Å². The second-order valence-electron chi connectivity index (χ2n) is 7.20. The molecule has 0 radical (unpaired) electrons. The van der Waals surface area contributed by atoms with Gasteiger partial charge in [-0.25, -0.2) is 4.98 Å². The highest BCUT2D eigenvalue weighted by atomic mass is 32.2. The van der Waals surface area contributed by atoms with Crippen molar-refractivity contribution in [1.82, 2.24) is 9.88 Å². The summed E-state index contributed by atoms with van der Waals surface area (Å²) < 4.78 is 0.923. The largest absolute Gasteiger partial charge is 0.385 e. The lowest BCUT2D eigenvalue weighted by molar-refractivity contribution is -0.110. The lowest BCUT2D eigenvalue weighted by atomic mass is 9.66. The number of amides is 1. The number of thioether (sulfide) groups is 1. The van der Waals surface area contributed by atoms with Crippen LogP contribution in [0.4, 0.5) is 0 Å². The number of carbonyl (C=O) groups is 1. The van der Waals surface area contributed by atoms with Crippen molar-refractivity contribution < 1.29 is 9.90 Å². The average Bonchev–Trinajstić information content (AvgIpc) is 3.18. The molecule has 1 saturated carbocycles. The molecule has 3 atom stereocenters. The average molecular weight is 389 g/mol. The summed E-state index contributed by atoms with van der Waals surface area (Å²) in [6.45, 7) is 0.581. The topological polar surface area (TPSA) is 53.4 Å². The molecule has 1 aliphatic heterocycles. The van der Waals surface area contributed by atoms with Crippen molar-refractivity contribution in [2.45, 2.75) is 48.1 Å². The smallest absolute Gasteiger partial charge is 0.273 e. The molecule has 1 N–H and O–H groups in total. The maximum atomic E-state index is 13.1. The van der Waals surface area contributed by atoms with Crippen LogP contribution in [0.3, 0.4) is 0 Å². The fraction of sp³-hybridized carbons (Fsp3) is 0.500. The Morgan fingerprint density at radius 1 is 1.31 bits per heavy atom. The molecular formula is C20H24N2O2S2. The summed E-state index contributed by atoms with van der Waals surface area (Å²) in [5.41, 5.74) is 0.700. The van der Waals surface area contributed by atoms with E-state index in [-0.39, 0.29) is 17.9 Å². The monoisotopic (exact) mass is 388 g/mol. The molecule has 1 aromatic carbocycles. The summed E-state index contributed by atoms with van der Waals surface area (Å²) in [7, 11) is 0. The molecule has 0 bridgehead atoms. The molecule has 26 heavy (non-hydrogen) atoms. The molecule has 1 aromatic heterocycles. The summed E-state index contributed by atoms with van der Waals surface area (Å²) >= 11 is 3.09. The number of hydrogen-bond donors (Lipinski definition) is 1. The van der Waals surface area contributed by atoms with Gasteiger partial charge in [0.15, 0.2) is 0 Å². The standard InChI is InChI=1S/C20H24N2O2S2/c1-25-19-21-16(13-26-19)18(23)22-12-11-20(24,14-7-3-2-4-8-14)15-9-5-6-10-17(15)22/h2-4,7-8,13,15,17,24H,5-6,9-12H2,1H3/t15-,17?,20-/m1/s1. The second kappa shape index (κ2) is 7.33. The Bertz CT molecular complexity index is 779. The Morgan fingerprint density at radius 2 is 2.08 bits per heavy atom. The van der Waals surface area contributed by atoms with Gasteiger partial charge in [-0.05, 0) is 31.1 Å². The number of carbonyl (C=O) groups excluding carboxylic acids is 1. The molecule has 2 heterocycles. The van der Waals surface area contributed by atoms with Crippen LogP contribution in [-0.2, 0) is 5.60 Å². The first-order valence-electron chi connectivity index (χ1n) is 9.22. The predicted molar refractivity (Wildman–Crippen MR) is 106 cm³/mol. The van der Waals surface area contributed by atoms with Gasteiger partial charge in [0, 0.05) is 23.9 Å². The van der Waals surface area contributed by atoms with Crippen LogP contribution in [0.1, 0.15) is 48.2 Å². The van der Waals surface area contributed by atoms with Crippen LogP contribution < -0.4 is 0 Å². The maximum absolute atomic E-state index is 13.1. The third-order valence-electron chi connectivity index (χ3n) is 5.89. The van der Waals surface area contributed by atoms with Crippen LogP contribution in [0.5, 0.6) is 0 Å². The van der Waals surface area contributed by atoms with E-state index >= 15 is 0 Å². The zero-order valence-corrected chi connectivity index (χ0v) is 16.6. The third kappa shape index (κ3) is 3.08. The molecule has 2 aliphatic rings. The zero-order valence-electron chi connectivity index (χ0n) is 14.9. The van der Waals surface area contributed by atoms with Gasteiger partial charge in [0.05, 0.1) is 5.60 Å². The first kappa shape index (κ1) is 18.0. The van der Waals surface area contributed by atoms with Gasteiger partial charge in [0.1, 0.15) is 10.0 Å². The molecule has 4 rings (SSSR count). The highest BCUT2D eigenvalue weighted by molar-refractivity contribution is 8.00. The zero-order chi connectivity index (χ0) is 18.1. The molecule has 4 nitrogen and oxygen atoms in total. The normalized spacial score (nSPS) is 28.6. The Kier molecular flexibility index (Phi) is 5.08. The Hall–Kier alpha value is -1.37. The molecule has 1 unspecified atom stereocenters. The number of hydrogen-bond acceptors (Lipinski definition) is 5. The number of rotatable bonds is 3. The molecule has 138 valence electrons. The Morgan fingerprint density at radius 3 is 2.81 bits per heavy atom. The van der Waals surface area contributed by atoms with E-state index in [0.29, 0.717) is 18.7 Å². The number of fused-ring (bicyclic) bond motifs is 1. The van der Waals surface area contributed by atoms with Crippen molar-refractivity contribution in [1.29, 1.82) is 0 Å². The molecule has 1 saturated heterocycles. The van der Waals surface area contributed by atoms with Crippen LogP contribution >= 0.6 is 23.1 Å². The first-order chi connectivity index (χ1) is 12.6. The molecule has 2 aromatic rings. The van der Waals surface area contributed by atoms with Gasteiger partial charge in [-0.1, -0.05) is 54.9 Å². The van der Waals surface area contributed by atoms with Gasteiger partial charge in [0.25, 0.3) is 5.91 Å². The van der Waals surface area contributed by atoms with E-state index in [2.05, 4.69) is 4.98 Å². The van der Waals surface area contributed by atoms with Crippen LogP contribution in [0.2, 0.25) is 0 Å². The molecule has 0 spiro atoms. The maximum Gasteiger partial charge on any atom is 0.273 e. The highest BCUT2D eigenvalue weighted by Gasteiger charge is 2.50. The number of benzene rings is 1. The minimum atomic E-state index is -0.838. The summed E-state index contributed by atoms with van der Waals surface area (Å²) in [5.74, 6) is 0.114. The minimum absolute atomic E-state index is 0.0218. The fourth-order valence-electron chi connectivity index (χ4n) is 4.62. The summed E-state index contributed by atoms with van der Waals surface area (Å²) in [6.07, 6.45) is 6.72. The molecule has 1 aliphatic carbocycles. The number of piperidine rings is 1. The fourth-order valence-corrected chi connectivity index (χ4v) is 5.85. The number of likely N-dealkylation sites (tertiary alicyclic amines) is 1. The van der Waals surface area contributed by atoms with Crippen LogP contribution in [0, 0.1) is 5.92 Å². The van der Waals surface area contributed by atoms with Gasteiger partial charge in [-0.2, -0.15) is 0 Å². The highest BCUT2D eigenvalue weighted by Crippen LogP contribution is 2.47. The van der Waals surface area contributed by atoms with Crippen molar-refractivity contribution >= 4 is 29.0 Å². The van der Waals surface area contributed by atoms with E-state index in [0.717, 1.165) is 35.6 Å². The second-order valence-corrected chi connectivity index (χ2v) is 9.11. The summed E-state index contributed by atoms with van der Waals surface area (Å²) in [5, 5.41) is 13.5. The first-order valence-corrected chi connectivity index (χ1v) is 11.3. The van der Waals surface area contributed by atoms with E-state index in [4.69, 9.17) is 0 Å². The van der Waals surface area contributed by atoms with Crippen molar-refractivity contribution in [2.24, 2.45) is 5.92 Å². The summed E-state index contributed by atoms with van der Waals surface area (Å²) in [6, 6.07) is 10.1. The number of aromatic nitrogens is 1. The lowest BCUT2D eigenvalue weighted by Gasteiger charge is -2.52. The lowest BCUT2D eigenvalue weighted by Crippen LogP contribution is -2.59.